The van der Waals surface area contributed by atoms with Crippen LogP contribution in [-0.4, -0.2) is 40.7 Å². The van der Waals surface area contributed by atoms with E-state index in [0.717, 1.165) is 11.8 Å². The van der Waals surface area contributed by atoms with Gasteiger partial charge in [0, 0.05) is 13.2 Å². The maximum absolute atomic E-state index is 11.5. The summed E-state index contributed by atoms with van der Waals surface area (Å²) in [5.41, 5.74) is 5.79. The lowest BCUT2D eigenvalue weighted by Gasteiger charge is -2.09. The molecule has 0 fully saturated rings. The summed E-state index contributed by atoms with van der Waals surface area (Å²) in [6.45, 7) is 3.68. The van der Waals surface area contributed by atoms with E-state index < -0.39 is 5.97 Å². The van der Waals surface area contributed by atoms with Crippen LogP contribution in [0, 0.1) is 0 Å². The Labute approximate surface area is 115 Å². The third-order valence-electron chi connectivity index (χ3n) is 2.19. The molecular formula is C11H16N4O3S. The first-order chi connectivity index (χ1) is 8.99. The second-order valence-electron chi connectivity index (χ2n) is 3.55. The quantitative estimate of drug-likeness (QED) is 0.459. The molecule has 0 spiro atoms. The topological polar surface area (TPSA) is 107 Å². The molecule has 0 radical (unpaired) electrons. The molecule has 0 bridgehead atoms. The van der Waals surface area contributed by atoms with E-state index in [0.29, 0.717) is 5.16 Å². The molecule has 1 aromatic heterocycles. The van der Waals surface area contributed by atoms with Crippen molar-refractivity contribution in [3.05, 3.63) is 11.8 Å². The van der Waals surface area contributed by atoms with Crippen LogP contribution in [0.3, 0.4) is 0 Å². The summed E-state index contributed by atoms with van der Waals surface area (Å²) in [5.74, 6) is -0.655. The molecule has 0 saturated heterocycles. The van der Waals surface area contributed by atoms with Gasteiger partial charge in [0.05, 0.1) is 11.9 Å². The predicted molar refractivity (Wildman–Crippen MR) is 71.8 cm³/mol. The molecule has 1 atom stereocenters. The van der Waals surface area contributed by atoms with Gasteiger partial charge in [-0.05, 0) is 13.8 Å². The number of anilines is 1. The van der Waals surface area contributed by atoms with E-state index in [1.165, 1.54) is 6.20 Å². The van der Waals surface area contributed by atoms with Gasteiger partial charge in [-0.1, -0.05) is 11.8 Å². The minimum atomic E-state index is -0.559. The van der Waals surface area contributed by atoms with Gasteiger partial charge in [-0.2, -0.15) is 0 Å². The summed E-state index contributed by atoms with van der Waals surface area (Å²) in [7, 11) is 1.55. The second-order valence-corrected chi connectivity index (χ2v) is 4.85. The van der Waals surface area contributed by atoms with Gasteiger partial charge in [0.15, 0.2) is 5.16 Å². The normalized spacial score (nSPS) is 11.7. The lowest BCUT2D eigenvalue weighted by Crippen LogP contribution is -2.27. The van der Waals surface area contributed by atoms with Crippen LogP contribution in [-0.2, 0) is 9.53 Å². The SMILES string of the molecule is CCOC(=O)c1cnc(SC(C)C(=O)NC)nc1N. The summed E-state index contributed by atoms with van der Waals surface area (Å²) in [5, 5.41) is 2.51. The Morgan fingerprint density at radius 3 is 2.79 bits per heavy atom. The van der Waals surface area contributed by atoms with Crippen molar-refractivity contribution in [2.24, 2.45) is 0 Å². The van der Waals surface area contributed by atoms with Crippen LogP contribution in [0.25, 0.3) is 0 Å². The molecule has 1 aromatic rings. The number of nitrogen functional groups attached to an aromatic ring is 1. The molecule has 0 aromatic carbocycles. The van der Waals surface area contributed by atoms with Gasteiger partial charge in [0.2, 0.25) is 5.91 Å². The Balaban J connectivity index is 2.82. The first kappa shape index (κ1) is 15.2. The lowest BCUT2D eigenvalue weighted by molar-refractivity contribution is -0.119. The number of hydrogen-bond acceptors (Lipinski definition) is 7. The Kier molecular flexibility index (Phi) is 5.56. The number of aromatic nitrogens is 2. The van der Waals surface area contributed by atoms with E-state index in [2.05, 4.69) is 15.3 Å². The molecule has 7 nitrogen and oxygen atoms in total. The number of rotatable bonds is 5. The molecule has 3 N–H and O–H groups in total. The summed E-state index contributed by atoms with van der Waals surface area (Å²) in [6.07, 6.45) is 1.30. The number of esters is 1. The maximum Gasteiger partial charge on any atom is 0.343 e. The van der Waals surface area contributed by atoms with E-state index in [4.69, 9.17) is 10.5 Å². The molecule has 0 saturated carbocycles. The highest BCUT2D eigenvalue weighted by Crippen LogP contribution is 2.21. The predicted octanol–water partition coefficient (Wildman–Crippen LogP) is 0.462. The number of thioether (sulfide) groups is 1. The van der Waals surface area contributed by atoms with Gasteiger partial charge in [0.25, 0.3) is 0 Å². The second kappa shape index (κ2) is 6.93. The average molecular weight is 284 g/mol. The minimum absolute atomic E-state index is 0.0417. The number of amides is 1. The number of carbonyl (C=O) groups excluding carboxylic acids is 2. The van der Waals surface area contributed by atoms with Crippen molar-refractivity contribution >= 4 is 29.5 Å². The Hall–Kier alpha value is -1.83. The monoisotopic (exact) mass is 284 g/mol. The smallest absolute Gasteiger partial charge is 0.343 e. The van der Waals surface area contributed by atoms with Gasteiger partial charge in [-0.25, -0.2) is 14.8 Å². The zero-order chi connectivity index (χ0) is 14.4. The summed E-state index contributed by atoms with van der Waals surface area (Å²) >= 11 is 1.16. The number of nitrogens with zero attached hydrogens (tertiary/aromatic N) is 2. The van der Waals surface area contributed by atoms with E-state index in [1.54, 1.807) is 20.9 Å². The highest BCUT2D eigenvalue weighted by Gasteiger charge is 2.17. The average Bonchev–Trinajstić information content (AvgIpc) is 2.38. The van der Waals surface area contributed by atoms with Gasteiger partial charge in [-0.3, -0.25) is 4.79 Å². The number of nitrogens with one attached hydrogen (secondary N) is 1. The molecule has 1 amide bonds. The molecule has 0 aliphatic heterocycles. The first-order valence-electron chi connectivity index (χ1n) is 5.67. The van der Waals surface area contributed by atoms with Gasteiger partial charge >= 0.3 is 5.97 Å². The third-order valence-corrected chi connectivity index (χ3v) is 3.16. The van der Waals surface area contributed by atoms with Crippen molar-refractivity contribution in [1.82, 2.24) is 15.3 Å². The Bertz CT molecular complexity index is 481. The molecule has 0 aliphatic carbocycles. The third kappa shape index (κ3) is 4.09. The number of ether oxygens (including phenoxy) is 1. The van der Waals surface area contributed by atoms with Crippen molar-refractivity contribution in [2.45, 2.75) is 24.3 Å². The van der Waals surface area contributed by atoms with Crippen LogP contribution in [0.1, 0.15) is 24.2 Å². The van der Waals surface area contributed by atoms with Crippen LogP contribution in [0.4, 0.5) is 5.82 Å². The molecular weight excluding hydrogens is 268 g/mol. The molecule has 19 heavy (non-hydrogen) atoms. The maximum atomic E-state index is 11.5. The van der Waals surface area contributed by atoms with Crippen LogP contribution < -0.4 is 11.1 Å². The number of hydrogen-bond donors (Lipinski definition) is 2. The molecule has 1 unspecified atom stereocenters. The summed E-state index contributed by atoms with van der Waals surface area (Å²) in [6, 6.07) is 0. The summed E-state index contributed by atoms with van der Waals surface area (Å²) < 4.78 is 4.82. The number of carbonyl (C=O) groups is 2. The van der Waals surface area contributed by atoms with E-state index >= 15 is 0 Å². The van der Waals surface area contributed by atoms with Crippen LogP contribution in [0.2, 0.25) is 0 Å². The van der Waals surface area contributed by atoms with E-state index in [9.17, 15) is 9.59 Å². The zero-order valence-corrected chi connectivity index (χ0v) is 11.8. The van der Waals surface area contributed by atoms with Gasteiger partial charge < -0.3 is 15.8 Å². The van der Waals surface area contributed by atoms with Crippen molar-refractivity contribution in [1.29, 1.82) is 0 Å². The van der Waals surface area contributed by atoms with Crippen LogP contribution in [0.5, 0.6) is 0 Å². The Morgan fingerprint density at radius 2 is 2.26 bits per heavy atom. The van der Waals surface area contributed by atoms with Crippen molar-refractivity contribution in [3.8, 4) is 0 Å². The largest absolute Gasteiger partial charge is 0.462 e. The molecule has 1 rings (SSSR count). The van der Waals surface area contributed by atoms with Gasteiger partial charge in [-0.15, -0.1) is 0 Å². The van der Waals surface area contributed by atoms with Crippen molar-refractivity contribution in [2.75, 3.05) is 19.4 Å². The minimum Gasteiger partial charge on any atom is -0.462 e. The molecule has 1 heterocycles. The van der Waals surface area contributed by atoms with Crippen molar-refractivity contribution in [3.63, 3.8) is 0 Å². The number of nitrogens with two attached hydrogens (primary N) is 1. The van der Waals surface area contributed by atoms with E-state index in [-0.39, 0.29) is 29.1 Å². The fourth-order valence-corrected chi connectivity index (χ4v) is 2.02. The highest BCUT2D eigenvalue weighted by atomic mass is 32.2. The molecule has 104 valence electrons. The first-order valence-corrected chi connectivity index (χ1v) is 6.55. The standard InChI is InChI=1S/C11H16N4O3S/c1-4-18-10(17)7-5-14-11(15-8(7)12)19-6(2)9(16)13-3/h5-6H,4H2,1-3H3,(H,13,16)(H2,12,14,15). The van der Waals surface area contributed by atoms with Gasteiger partial charge in [0.1, 0.15) is 11.4 Å². The summed E-state index contributed by atoms with van der Waals surface area (Å²) in [4.78, 5) is 30.8. The fourth-order valence-electron chi connectivity index (χ4n) is 1.22. The van der Waals surface area contributed by atoms with E-state index in [1.807, 2.05) is 0 Å². The molecule has 8 heteroatoms. The fraction of sp³-hybridized carbons (Fsp3) is 0.455. The molecule has 0 aliphatic rings. The zero-order valence-electron chi connectivity index (χ0n) is 11.0. The van der Waals surface area contributed by atoms with Crippen LogP contribution in [0.15, 0.2) is 11.4 Å². The van der Waals surface area contributed by atoms with Crippen LogP contribution >= 0.6 is 11.8 Å². The lowest BCUT2D eigenvalue weighted by atomic mass is 10.3. The Morgan fingerprint density at radius 1 is 1.58 bits per heavy atom. The van der Waals surface area contributed by atoms with Crippen molar-refractivity contribution < 1.29 is 14.3 Å². The highest BCUT2D eigenvalue weighted by molar-refractivity contribution is 8.00.